The van der Waals surface area contributed by atoms with Crippen molar-refractivity contribution in [1.82, 2.24) is 14.5 Å². The van der Waals surface area contributed by atoms with Gasteiger partial charge in [0.2, 0.25) is 10.0 Å². The zero-order valence-corrected chi connectivity index (χ0v) is 16.5. The SMILES string of the molecule is CN=C(NCCN1CCCS1(=O)=O)N1CCC(COC)C1.I. The molecule has 2 saturated heterocycles. The minimum Gasteiger partial charge on any atom is -0.384 e. The monoisotopic (exact) mass is 446 g/mol. The van der Waals surface area contributed by atoms with Crippen LogP contribution in [0.5, 0.6) is 0 Å². The summed E-state index contributed by atoms with van der Waals surface area (Å²) in [6.07, 6.45) is 1.84. The van der Waals surface area contributed by atoms with Gasteiger partial charge in [0.25, 0.3) is 0 Å². The lowest BCUT2D eigenvalue weighted by atomic mass is 10.1. The van der Waals surface area contributed by atoms with Gasteiger partial charge in [-0.15, -0.1) is 24.0 Å². The first-order chi connectivity index (χ1) is 10.1. The number of nitrogens with zero attached hydrogens (tertiary/aromatic N) is 3. The molecule has 1 unspecified atom stereocenters. The number of ether oxygens (including phenoxy) is 1. The summed E-state index contributed by atoms with van der Waals surface area (Å²) in [5.41, 5.74) is 0. The zero-order chi connectivity index (χ0) is 15.3. The van der Waals surface area contributed by atoms with Crippen molar-refractivity contribution in [3.8, 4) is 0 Å². The fourth-order valence-electron chi connectivity index (χ4n) is 2.96. The molecule has 2 aliphatic heterocycles. The minimum atomic E-state index is -3.00. The molecular formula is C13H27IN4O3S. The molecule has 0 aliphatic carbocycles. The average molecular weight is 446 g/mol. The number of guanidine groups is 1. The number of aliphatic imine (C=N–C) groups is 1. The Hall–Kier alpha value is -0.130. The fourth-order valence-corrected chi connectivity index (χ4v) is 4.49. The Balaban J connectivity index is 0.00000242. The molecule has 0 bridgehead atoms. The molecule has 0 aromatic carbocycles. The van der Waals surface area contributed by atoms with E-state index in [9.17, 15) is 8.42 Å². The van der Waals surface area contributed by atoms with E-state index in [-0.39, 0.29) is 29.7 Å². The van der Waals surface area contributed by atoms with Crippen molar-refractivity contribution in [1.29, 1.82) is 0 Å². The van der Waals surface area contributed by atoms with E-state index in [0.29, 0.717) is 25.6 Å². The van der Waals surface area contributed by atoms with Gasteiger partial charge in [0.05, 0.1) is 12.4 Å². The van der Waals surface area contributed by atoms with Gasteiger partial charge in [-0.25, -0.2) is 12.7 Å². The quantitative estimate of drug-likeness (QED) is 0.371. The van der Waals surface area contributed by atoms with Crippen molar-refractivity contribution >= 4 is 40.0 Å². The van der Waals surface area contributed by atoms with Crippen LogP contribution in [0.1, 0.15) is 12.8 Å². The van der Waals surface area contributed by atoms with E-state index in [0.717, 1.165) is 38.5 Å². The van der Waals surface area contributed by atoms with E-state index >= 15 is 0 Å². The molecule has 1 N–H and O–H groups in total. The second kappa shape index (κ2) is 9.24. The van der Waals surface area contributed by atoms with Gasteiger partial charge in [-0.05, 0) is 12.8 Å². The van der Waals surface area contributed by atoms with Crippen molar-refractivity contribution in [3.05, 3.63) is 0 Å². The normalized spacial score (nSPS) is 25.3. The third kappa shape index (κ3) is 5.20. The van der Waals surface area contributed by atoms with Crippen LogP contribution in [0.2, 0.25) is 0 Å². The molecule has 1 atom stereocenters. The summed E-state index contributed by atoms with van der Waals surface area (Å²) in [5.74, 6) is 1.68. The van der Waals surface area contributed by atoms with E-state index in [2.05, 4.69) is 15.2 Å². The maximum absolute atomic E-state index is 11.7. The highest BCUT2D eigenvalue weighted by molar-refractivity contribution is 14.0. The summed E-state index contributed by atoms with van der Waals surface area (Å²) in [6.45, 7) is 4.43. The molecule has 22 heavy (non-hydrogen) atoms. The van der Waals surface area contributed by atoms with Gasteiger partial charge in [0.1, 0.15) is 0 Å². The van der Waals surface area contributed by atoms with Crippen molar-refractivity contribution in [2.24, 2.45) is 10.9 Å². The average Bonchev–Trinajstić information content (AvgIpc) is 3.02. The highest BCUT2D eigenvalue weighted by Crippen LogP contribution is 2.16. The number of sulfonamides is 1. The van der Waals surface area contributed by atoms with Crippen molar-refractivity contribution in [2.75, 3.05) is 59.2 Å². The largest absolute Gasteiger partial charge is 0.384 e. The molecule has 2 fully saturated rings. The van der Waals surface area contributed by atoms with E-state index in [1.54, 1.807) is 18.5 Å². The third-order valence-electron chi connectivity index (χ3n) is 4.05. The van der Waals surface area contributed by atoms with E-state index in [4.69, 9.17) is 4.74 Å². The molecule has 9 heteroatoms. The lowest BCUT2D eigenvalue weighted by Crippen LogP contribution is -2.43. The summed E-state index contributed by atoms with van der Waals surface area (Å²) in [6, 6.07) is 0. The number of halogens is 1. The van der Waals surface area contributed by atoms with Crippen LogP contribution < -0.4 is 5.32 Å². The Kier molecular flexibility index (Phi) is 8.36. The molecule has 2 rings (SSSR count). The van der Waals surface area contributed by atoms with Crippen LogP contribution in [0.25, 0.3) is 0 Å². The van der Waals surface area contributed by atoms with Crippen LogP contribution in [0.4, 0.5) is 0 Å². The van der Waals surface area contributed by atoms with Crippen LogP contribution in [0, 0.1) is 5.92 Å². The Morgan fingerprint density at radius 2 is 2.18 bits per heavy atom. The van der Waals surface area contributed by atoms with Crippen LogP contribution in [-0.4, -0.2) is 82.8 Å². The molecule has 0 amide bonds. The second-order valence-corrected chi connectivity index (χ2v) is 7.69. The van der Waals surface area contributed by atoms with Gasteiger partial charge in [-0.2, -0.15) is 0 Å². The van der Waals surface area contributed by atoms with E-state index in [1.807, 2.05) is 0 Å². The summed E-state index contributed by atoms with van der Waals surface area (Å²) in [5, 5.41) is 3.27. The van der Waals surface area contributed by atoms with E-state index < -0.39 is 10.0 Å². The number of methoxy groups -OCH3 is 1. The predicted octanol–water partition coefficient (Wildman–Crippen LogP) is 0.184. The first-order valence-electron chi connectivity index (χ1n) is 7.49. The maximum atomic E-state index is 11.7. The van der Waals surface area contributed by atoms with Crippen molar-refractivity contribution in [3.63, 3.8) is 0 Å². The molecule has 0 radical (unpaired) electrons. The van der Waals surface area contributed by atoms with Gasteiger partial charge < -0.3 is 15.0 Å². The second-order valence-electron chi connectivity index (χ2n) is 5.60. The Morgan fingerprint density at radius 1 is 1.41 bits per heavy atom. The number of hydrogen-bond donors (Lipinski definition) is 1. The lowest BCUT2D eigenvalue weighted by Gasteiger charge is -2.23. The third-order valence-corrected chi connectivity index (χ3v) is 6.00. The Labute approximate surface area is 150 Å². The van der Waals surface area contributed by atoms with E-state index in [1.165, 1.54) is 0 Å². The van der Waals surface area contributed by atoms with Crippen LogP contribution in [0.15, 0.2) is 4.99 Å². The molecular weight excluding hydrogens is 419 g/mol. The van der Waals surface area contributed by atoms with Gasteiger partial charge in [-0.1, -0.05) is 0 Å². The number of likely N-dealkylation sites (tertiary alicyclic amines) is 1. The lowest BCUT2D eigenvalue weighted by molar-refractivity contribution is 0.157. The highest BCUT2D eigenvalue weighted by atomic mass is 127. The highest BCUT2D eigenvalue weighted by Gasteiger charge is 2.28. The predicted molar refractivity (Wildman–Crippen MR) is 98.3 cm³/mol. The van der Waals surface area contributed by atoms with Crippen molar-refractivity contribution < 1.29 is 13.2 Å². The summed E-state index contributed by atoms with van der Waals surface area (Å²) in [4.78, 5) is 6.50. The minimum absolute atomic E-state index is 0. The van der Waals surface area contributed by atoms with Crippen molar-refractivity contribution in [2.45, 2.75) is 12.8 Å². The molecule has 2 heterocycles. The molecule has 130 valence electrons. The number of rotatable bonds is 5. The Morgan fingerprint density at radius 3 is 2.77 bits per heavy atom. The molecule has 2 aliphatic rings. The molecule has 7 nitrogen and oxygen atoms in total. The number of nitrogens with one attached hydrogen (secondary N) is 1. The van der Waals surface area contributed by atoms with Gasteiger partial charge in [-0.3, -0.25) is 4.99 Å². The molecule has 0 spiro atoms. The van der Waals surface area contributed by atoms with Gasteiger partial charge >= 0.3 is 0 Å². The van der Waals surface area contributed by atoms with Crippen LogP contribution in [-0.2, 0) is 14.8 Å². The summed E-state index contributed by atoms with van der Waals surface area (Å²) in [7, 11) is 0.487. The summed E-state index contributed by atoms with van der Waals surface area (Å²) < 4.78 is 30.2. The van der Waals surface area contributed by atoms with Crippen LogP contribution in [0.3, 0.4) is 0 Å². The first kappa shape index (κ1) is 19.9. The first-order valence-corrected chi connectivity index (χ1v) is 9.10. The smallest absolute Gasteiger partial charge is 0.214 e. The maximum Gasteiger partial charge on any atom is 0.214 e. The number of hydrogen-bond acceptors (Lipinski definition) is 4. The molecule has 0 saturated carbocycles. The van der Waals surface area contributed by atoms with Crippen LogP contribution >= 0.6 is 24.0 Å². The summed E-state index contributed by atoms with van der Waals surface area (Å²) >= 11 is 0. The molecule has 0 aromatic heterocycles. The standard InChI is InChI=1S/C13H26N4O3S.HI/c1-14-13(16-7-4-12(10-16)11-20-2)15-5-8-17-6-3-9-21(17,18)19;/h12H,3-11H2,1-2H3,(H,14,15);1H. The Bertz CT molecular complexity index is 472. The zero-order valence-electron chi connectivity index (χ0n) is 13.3. The van der Waals surface area contributed by atoms with Gasteiger partial charge in [0, 0.05) is 52.8 Å². The molecule has 0 aromatic rings. The fraction of sp³-hybridized carbons (Fsp3) is 0.923. The topological polar surface area (TPSA) is 74.2 Å². The van der Waals surface area contributed by atoms with Gasteiger partial charge in [0.15, 0.2) is 5.96 Å².